The first-order chi connectivity index (χ1) is 16.9. The minimum Gasteiger partial charge on any atom is -0.496 e. The van der Waals surface area contributed by atoms with Gasteiger partial charge >= 0.3 is 0 Å². The average Bonchev–Trinajstić information content (AvgIpc) is 2.87. The number of hydrogen-bond donors (Lipinski definition) is 2. The van der Waals surface area contributed by atoms with Gasteiger partial charge in [-0.25, -0.2) is 0 Å². The van der Waals surface area contributed by atoms with Crippen LogP contribution in [0.15, 0.2) is 71.6 Å². The Hall–Kier alpha value is -4.05. The van der Waals surface area contributed by atoms with Crippen LogP contribution in [0.3, 0.4) is 0 Å². The molecule has 1 unspecified atom stereocenters. The van der Waals surface area contributed by atoms with E-state index in [0.717, 1.165) is 4.90 Å². The van der Waals surface area contributed by atoms with E-state index in [1.54, 1.807) is 36.4 Å². The molecule has 3 aromatic rings. The van der Waals surface area contributed by atoms with E-state index >= 15 is 0 Å². The number of amides is 2. The highest BCUT2D eigenvalue weighted by Crippen LogP contribution is 2.31. The molecule has 0 radical (unpaired) electrons. The second-order valence-electron chi connectivity index (χ2n) is 7.33. The quantitative estimate of drug-likeness (QED) is 0.220. The van der Waals surface area contributed by atoms with Crippen LogP contribution in [0.2, 0.25) is 0 Å². The number of nitro benzene ring substituents is 1. The topological polar surface area (TPSA) is 120 Å². The molecule has 9 nitrogen and oxygen atoms in total. The van der Waals surface area contributed by atoms with Gasteiger partial charge in [0.05, 0.1) is 24.4 Å². The second kappa shape index (κ2) is 11.9. The third-order valence-electron chi connectivity index (χ3n) is 5.03. The number of ether oxygens (including phenoxy) is 2. The zero-order valence-corrected chi connectivity index (χ0v) is 20.3. The highest BCUT2D eigenvalue weighted by molar-refractivity contribution is 8.00. The summed E-state index contributed by atoms with van der Waals surface area (Å²) in [6.45, 7) is 1.90. The number of rotatable bonds is 10. The number of anilines is 2. The molecule has 0 heterocycles. The van der Waals surface area contributed by atoms with E-state index in [4.69, 9.17) is 9.47 Å². The van der Waals surface area contributed by atoms with Crippen molar-refractivity contribution in [3.63, 3.8) is 0 Å². The maximum atomic E-state index is 13.0. The molecule has 2 N–H and O–H groups in total. The zero-order chi connectivity index (χ0) is 25.4. The van der Waals surface area contributed by atoms with Crippen LogP contribution in [0.4, 0.5) is 17.1 Å². The Balaban J connectivity index is 1.70. The number of nitrogens with one attached hydrogen (secondary N) is 2. The Labute approximate surface area is 207 Å². The maximum absolute atomic E-state index is 13.0. The molecule has 1 atom stereocenters. The first-order valence-corrected chi connectivity index (χ1v) is 11.6. The summed E-state index contributed by atoms with van der Waals surface area (Å²) in [5.74, 6) is 0.173. The Morgan fingerprint density at radius 3 is 2.14 bits per heavy atom. The molecule has 3 rings (SSSR count). The van der Waals surface area contributed by atoms with Crippen molar-refractivity contribution in [1.82, 2.24) is 0 Å². The largest absolute Gasteiger partial charge is 0.496 e. The summed E-state index contributed by atoms with van der Waals surface area (Å²) in [6, 6.07) is 17.9. The van der Waals surface area contributed by atoms with Gasteiger partial charge in [-0.3, -0.25) is 19.7 Å². The van der Waals surface area contributed by atoms with Crippen LogP contribution in [0.5, 0.6) is 11.5 Å². The second-order valence-corrected chi connectivity index (χ2v) is 8.60. The van der Waals surface area contributed by atoms with E-state index in [2.05, 4.69) is 10.6 Å². The molecule has 0 saturated carbocycles. The molecule has 182 valence electrons. The summed E-state index contributed by atoms with van der Waals surface area (Å²) in [6.07, 6.45) is 0.554. The van der Waals surface area contributed by atoms with Crippen molar-refractivity contribution >= 4 is 40.6 Å². The highest BCUT2D eigenvalue weighted by atomic mass is 32.2. The molecule has 0 bridgehead atoms. The molecule has 0 aromatic heterocycles. The van der Waals surface area contributed by atoms with Gasteiger partial charge in [0.25, 0.3) is 11.6 Å². The van der Waals surface area contributed by atoms with Crippen molar-refractivity contribution in [2.24, 2.45) is 0 Å². The number of carbonyl (C=O) groups is 2. The third kappa shape index (κ3) is 6.51. The van der Waals surface area contributed by atoms with Crippen LogP contribution in [-0.4, -0.2) is 36.2 Å². The van der Waals surface area contributed by atoms with Crippen molar-refractivity contribution in [3.05, 3.63) is 82.4 Å². The monoisotopic (exact) mass is 495 g/mol. The fourth-order valence-electron chi connectivity index (χ4n) is 3.29. The van der Waals surface area contributed by atoms with Crippen LogP contribution >= 0.6 is 11.8 Å². The molecule has 0 spiro atoms. The van der Waals surface area contributed by atoms with Gasteiger partial charge in [-0.15, -0.1) is 11.8 Å². The summed E-state index contributed by atoms with van der Waals surface area (Å²) in [5, 5.41) is 16.0. The molecule has 2 amide bonds. The number of carbonyl (C=O) groups excluding carboxylic acids is 2. The molecule has 0 saturated heterocycles. The SMILES string of the molecule is CCC(Sc1cccc(NC(=O)c2c(OC)cccc2OC)c1)C(=O)Nc1ccc([N+](=O)[O-])cc1. The molecule has 0 aliphatic carbocycles. The lowest BCUT2D eigenvalue weighted by Crippen LogP contribution is -2.24. The summed E-state index contributed by atoms with van der Waals surface area (Å²) in [5.41, 5.74) is 1.27. The van der Waals surface area contributed by atoms with Crippen molar-refractivity contribution in [2.75, 3.05) is 24.9 Å². The number of methoxy groups -OCH3 is 2. The lowest BCUT2D eigenvalue weighted by atomic mass is 10.1. The van der Waals surface area contributed by atoms with Gasteiger partial charge in [0.15, 0.2) is 0 Å². The number of nitro groups is 1. The Kier molecular flexibility index (Phi) is 8.69. The van der Waals surface area contributed by atoms with E-state index < -0.39 is 10.2 Å². The van der Waals surface area contributed by atoms with Crippen LogP contribution < -0.4 is 20.1 Å². The Morgan fingerprint density at radius 2 is 1.57 bits per heavy atom. The highest BCUT2D eigenvalue weighted by Gasteiger charge is 2.20. The van der Waals surface area contributed by atoms with Crippen molar-refractivity contribution in [2.45, 2.75) is 23.5 Å². The van der Waals surface area contributed by atoms with Gasteiger partial charge in [0, 0.05) is 28.4 Å². The smallest absolute Gasteiger partial charge is 0.269 e. The molecule has 35 heavy (non-hydrogen) atoms. The van der Waals surface area contributed by atoms with Gasteiger partial charge in [-0.2, -0.15) is 0 Å². The molecule has 0 aliphatic heterocycles. The van der Waals surface area contributed by atoms with Crippen LogP contribution in [0.25, 0.3) is 0 Å². The van der Waals surface area contributed by atoms with E-state index in [-0.39, 0.29) is 23.1 Å². The van der Waals surface area contributed by atoms with Crippen molar-refractivity contribution in [3.8, 4) is 11.5 Å². The normalized spacial score (nSPS) is 11.3. The first-order valence-electron chi connectivity index (χ1n) is 10.7. The molecular formula is C25H25N3O6S. The van der Waals surface area contributed by atoms with Crippen LogP contribution in [0, 0.1) is 10.1 Å². The lowest BCUT2D eigenvalue weighted by molar-refractivity contribution is -0.384. The number of non-ortho nitro benzene ring substituents is 1. The molecule has 3 aromatic carbocycles. The summed E-state index contributed by atoms with van der Waals surface area (Å²) < 4.78 is 10.6. The van der Waals surface area contributed by atoms with E-state index in [9.17, 15) is 19.7 Å². The standard InChI is InChI=1S/C25H25N3O6S/c1-4-22(24(29)26-16-11-13-18(14-12-16)28(31)32)35-19-8-5-7-17(15-19)27-25(30)23-20(33-2)9-6-10-21(23)34-3/h5-15,22H,4H2,1-3H3,(H,26,29)(H,27,30). The fraction of sp³-hybridized carbons (Fsp3) is 0.200. The van der Waals surface area contributed by atoms with Crippen LogP contribution in [-0.2, 0) is 4.79 Å². The molecule has 10 heteroatoms. The van der Waals surface area contributed by atoms with Crippen molar-refractivity contribution in [1.29, 1.82) is 0 Å². The van der Waals surface area contributed by atoms with E-state index in [1.807, 2.05) is 13.0 Å². The average molecular weight is 496 g/mol. The van der Waals surface area contributed by atoms with Gasteiger partial charge in [-0.1, -0.05) is 19.1 Å². The number of thioether (sulfide) groups is 1. The fourth-order valence-corrected chi connectivity index (χ4v) is 4.30. The molecule has 0 fully saturated rings. The predicted octanol–water partition coefficient (Wildman–Crippen LogP) is 5.37. The summed E-state index contributed by atoms with van der Waals surface area (Å²) >= 11 is 1.36. The van der Waals surface area contributed by atoms with Crippen molar-refractivity contribution < 1.29 is 24.0 Å². The number of nitrogens with zero attached hydrogens (tertiary/aromatic N) is 1. The van der Waals surface area contributed by atoms with Gasteiger partial charge in [0.1, 0.15) is 17.1 Å². The lowest BCUT2D eigenvalue weighted by Gasteiger charge is -2.16. The van der Waals surface area contributed by atoms with Gasteiger partial charge < -0.3 is 20.1 Å². The van der Waals surface area contributed by atoms with Crippen LogP contribution in [0.1, 0.15) is 23.7 Å². The molecular weight excluding hydrogens is 470 g/mol. The van der Waals surface area contributed by atoms with E-state index in [0.29, 0.717) is 29.3 Å². The van der Waals surface area contributed by atoms with Gasteiger partial charge in [0.2, 0.25) is 5.91 Å². The third-order valence-corrected chi connectivity index (χ3v) is 6.39. The molecule has 0 aliphatic rings. The summed E-state index contributed by atoms with van der Waals surface area (Å²) in [7, 11) is 2.96. The minimum absolute atomic E-state index is 0.0472. The minimum atomic E-state index is -0.494. The Bertz CT molecular complexity index is 1190. The first kappa shape index (κ1) is 25.6. The van der Waals surface area contributed by atoms with Gasteiger partial charge in [-0.05, 0) is 48.9 Å². The van der Waals surface area contributed by atoms with E-state index in [1.165, 1.54) is 50.2 Å². The number of benzene rings is 3. The summed E-state index contributed by atoms with van der Waals surface area (Å²) in [4.78, 5) is 36.9. The zero-order valence-electron chi connectivity index (χ0n) is 19.4. The predicted molar refractivity (Wildman–Crippen MR) is 136 cm³/mol. The maximum Gasteiger partial charge on any atom is 0.269 e. The Morgan fingerprint density at radius 1 is 0.943 bits per heavy atom. The number of hydrogen-bond acceptors (Lipinski definition) is 7.